The number of likely N-dealkylation sites (tertiary alicyclic amines) is 1. The molecule has 0 aliphatic carbocycles. The predicted octanol–water partition coefficient (Wildman–Crippen LogP) is 2.17. The zero-order chi connectivity index (χ0) is 23.3. The minimum Gasteiger partial charge on any atom is -0.481 e. The minimum absolute atomic E-state index is 0.118. The van der Waals surface area contributed by atoms with Gasteiger partial charge in [0, 0.05) is 24.6 Å². The Kier molecular flexibility index (Phi) is 5.22. The van der Waals surface area contributed by atoms with Gasteiger partial charge in [0.2, 0.25) is 17.7 Å². The maximum atomic E-state index is 13.6. The number of para-hydroxylation sites is 1. The lowest BCUT2D eigenvalue weighted by atomic mass is 9.76. The summed E-state index contributed by atoms with van der Waals surface area (Å²) in [5.74, 6) is -4.06. The van der Waals surface area contributed by atoms with E-state index in [-0.39, 0.29) is 25.3 Å². The molecule has 3 aliphatic heterocycles. The second kappa shape index (κ2) is 7.97. The molecule has 2 fully saturated rings. The smallest absolute Gasteiger partial charge is 0.303 e. The summed E-state index contributed by atoms with van der Waals surface area (Å²) in [6.07, 6.45) is 0.423. The number of anilines is 1. The van der Waals surface area contributed by atoms with Crippen molar-refractivity contribution in [3.8, 4) is 0 Å². The third-order valence-electron chi connectivity index (χ3n) is 6.93. The van der Waals surface area contributed by atoms with Gasteiger partial charge in [0.1, 0.15) is 5.54 Å². The summed E-state index contributed by atoms with van der Waals surface area (Å²) in [5.41, 5.74) is 0.444. The molecule has 0 bridgehead atoms. The average molecular weight is 468 g/mol. The molecule has 9 heteroatoms. The van der Waals surface area contributed by atoms with Gasteiger partial charge >= 0.3 is 5.97 Å². The van der Waals surface area contributed by atoms with Gasteiger partial charge in [-0.05, 0) is 24.5 Å². The Labute approximate surface area is 194 Å². The number of halogens is 1. The van der Waals surface area contributed by atoms with Crippen LogP contribution in [0.2, 0.25) is 5.02 Å². The van der Waals surface area contributed by atoms with Crippen molar-refractivity contribution < 1.29 is 24.3 Å². The highest BCUT2D eigenvalue weighted by atomic mass is 35.5. The predicted molar refractivity (Wildman–Crippen MR) is 119 cm³/mol. The summed E-state index contributed by atoms with van der Waals surface area (Å²) >= 11 is 6.31. The summed E-state index contributed by atoms with van der Waals surface area (Å²) in [6, 6.07) is 13.9. The Morgan fingerprint density at radius 3 is 2.55 bits per heavy atom. The Balaban J connectivity index is 1.53. The molecule has 3 heterocycles. The van der Waals surface area contributed by atoms with Gasteiger partial charge < -0.3 is 10.4 Å². The molecule has 2 aromatic carbocycles. The van der Waals surface area contributed by atoms with Crippen molar-refractivity contribution in [3.63, 3.8) is 0 Å². The first kappa shape index (κ1) is 21.6. The van der Waals surface area contributed by atoms with Crippen LogP contribution in [-0.4, -0.2) is 46.3 Å². The van der Waals surface area contributed by atoms with E-state index >= 15 is 0 Å². The largest absolute Gasteiger partial charge is 0.481 e. The number of carbonyl (C=O) groups excluding carboxylic acids is 3. The van der Waals surface area contributed by atoms with E-state index in [9.17, 15) is 24.3 Å². The number of carbonyl (C=O) groups is 4. The molecule has 33 heavy (non-hydrogen) atoms. The number of imide groups is 1. The van der Waals surface area contributed by atoms with Crippen LogP contribution in [0.4, 0.5) is 5.69 Å². The third kappa shape index (κ3) is 3.24. The molecule has 0 saturated carbocycles. The van der Waals surface area contributed by atoms with Crippen LogP contribution in [0.1, 0.15) is 24.0 Å². The van der Waals surface area contributed by atoms with Gasteiger partial charge in [-0.25, -0.2) is 0 Å². The lowest BCUT2D eigenvalue weighted by molar-refractivity contribution is -0.143. The quantitative estimate of drug-likeness (QED) is 0.561. The number of nitrogens with zero attached hydrogens (tertiary/aromatic N) is 1. The maximum Gasteiger partial charge on any atom is 0.303 e. The Bertz CT molecular complexity index is 1170. The molecule has 4 atom stereocenters. The number of carboxylic acid groups (broad SMARTS) is 1. The zero-order valence-electron chi connectivity index (χ0n) is 17.6. The van der Waals surface area contributed by atoms with Crippen LogP contribution in [0.5, 0.6) is 0 Å². The lowest BCUT2D eigenvalue weighted by Gasteiger charge is -2.29. The fraction of sp³-hybridized carbons (Fsp3) is 0.333. The van der Waals surface area contributed by atoms with Crippen molar-refractivity contribution in [1.82, 2.24) is 10.2 Å². The number of aliphatic carboxylic acids is 1. The number of rotatable bonds is 6. The van der Waals surface area contributed by atoms with Gasteiger partial charge in [-0.3, -0.25) is 29.4 Å². The minimum atomic E-state index is -1.47. The normalized spacial score (nSPS) is 27.7. The standard InChI is InChI=1S/C24H22ClN3O5/c25-15-8-4-7-14-20(15)26-23(33)24(14)19-18(16(27-24)9-10-17(29)30)21(31)28(22(19)32)12-11-13-5-2-1-3-6-13/h1-8,16,18-19,27H,9-12H2,(H,26,33)(H,29,30)/t16-,18-,19+,24+/m1/s1. The fourth-order valence-corrected chi connectivity index (χ4v) is 5.71. The number of benzene rings is 2. The van der Waals surface area contributed by atoms with Crippen molar-refractivity contribution in [3.05, 3.63) is 64.7 Å². The van der Waals surface area contributed by atoms with Crippen LogP contribution in [-0.2, 0) is 31.1 Å². The highest BCUT2D eigenvalue weighted by molar-refractivity contribution is 6.35. The molecular formula is C24H22ClN3O5. The number of hydrogen-bond donors (Lipinski definition) is 3. The van der Waals surface area contributed by atoms with Crippen molar-refractivity contribution in [2.45, 2.75) is 30.8 Å². The van der Waals surface area contributed by atoms with Gasteiger partial charge in [0.05, 0.1) is 22.5 Å². The molecule has 2 aromatic rings. The van der Waals surface area contributed by atoms with E-state index in [4.69, 9.17) is 11.6 Å². The molecule has 1 spiro atoms. The topological polar surface area (TPSA) is 116 Å². The number of carboxylic acids is 1. The second-order valence-corrected chi connectivity index (χ2v) is 9.08. The number of amides is 3. The highest BCUT2D eigenvalue weighted by Gasteiger charge is 2.70. The molecule has 0 unspecified atom stereocenters. The van der Waals surface area contributed by atoms with Crippen LogP contribution in [0.3, 0.4) is 0 Å². The number of fused-ring (bicyclic) bond motifs is 4. The van der Waals surface area contributed by atoms with Gasteiger partial charge in [0.15, 0.2) is 0 Å². The third-order valence-corrected chi connectivity index (χ3v) is 7.24. The first-order valence-corrected chi connectivity index (χ1v) is 11.2. The van der Waals surface area contributed by atoms with Crippen molar-refractivity contribution >= 4 is 41.0 Å². The SMILES string of the molecule is O=C(O)CC[C@H]1N[C@]2(C(=O)Nc3c(Cl)cccc32)[C@@H]2C(=O)N(CCc3ccccc3)C(=O)[C@@H]21. The summed E-state index contributed by atoms with van der Waals surface area (Å²) in [4.78, 5) is 52.9. The van der Waals surface area contributed by atoms with Gasteiger partial charge in [-0.15, -0.1) is 0 Å². The van der Waals surface area contributed by atoms with E-state index in [1.807, 2.05) is 30.3 Å². The van der Waals surface area contributed by atoms with Gasteiger partial charge in [0.25, 0.3) is 0 Å². The summed E-state index contributed by atoms with van der Waals surface area (Å²) in [6.45, 7) is 0.195. The Morgan fingerprint density at radius 2 is 1.82 bits per heavy atom. The molecular weight excluding hydrogens is 446 g/mol. The fourth-order valence-electron chi connectivity index (χ4n) is 5.49. The molecule has 2 saturated heterocycles. The van der Waals surface area contributed by atoms with Gasteiger partial charge in [-0.2, -0.15) is 0 Å². The van der Waals surface area contributed by atoms with E-state index in [2.05, 4.69) is 10.6 Å². The molecule has 3 aliphatic rings. The molecule has 0 aromatic heterocycles. The molecule has 8 nitrogen and oxygen atoms in total. The summed E-state index contributed by atoms with van der Waals surface area (Å²) < 4.78 is 0. The van der Waals surface area contributed by atoms with E-state index < -0.39 is 41.2 Å². The van der Waals surface area contributed by atoms with Crippen LogP contribution >= 0.6 is 11.6 Å². The van der Waals surface area contributed by atoms with Crippen molar-refractivity contribution in [2.75, 3.05) is 11.9 Å². The molecule has 3 amide bonds. The van der Waals surface area contributed by atoms with E-state index in [1.165, 1.54) is 4.90 Å². The Morgan fingerprint density at radius 1 is 1.06 bits per heavy atom. The lowest BCUT2D eigenvalue weighted by Crippen LogP contribution is -2.53. The zero-order valence-corrected chi connectivity index (χ0v) is 18.3. The van der Waals surface area contributed by atoms with E-state index in [1.54, 1.807) is 18.2 Å². The number of hydrogen-bond acceptors (Lipinski definition) is 5. The monoisotopic (exact) mass is 467 g/mol. The Hall–Kier alpha value is -3.23. The maximum absolute atomic E-state index is 13.6. The van der Waals surface area contributed by atoms with Crippen LogP contribution in [0.25, 0.3) is 0 Å². The summed E-state index contributed by atoms with van der Waals surface area (Å²) in [7, 11) is 0. The van der Waals surface area contributed by atoms with Crippen LogP contribution < -0.4 is 10.6 Å². The van der Waals surface area contributed by atoms with Crippen molar-refractivity contribution in [2.24, 2.45) is 11.8 Å². The van der Waals surface area contributed by atoms with Crippen LogP contribution in [0, 0.1) is 11.8 Å². The molecule has 0 radical (unpaired) electrons. The highest BCUT2D eigenvalue weighted by Crippen LogP contribution is 2.54. The van der Waals surface area contributed by atoms with Gasteiger partial charge in [-0.1, -0.05) is 54.1 Å². The molecule has 170 valence electrons. The van der Waals surface area contributed by atoms with E-state index in [0.717, 1.165) is 5.56 Å². The first-order chi connectivity index (χ1) is 15.8. The van der Waals surface area contributed by atoms with Crippen LogP contribution in [0.15, 0.2) is 48.5 Å². The second-order valence-electron chi connectivity index (χ2n) is 8.67. The average Bonchev–Trinajstić information content (AvgIpc) is 3.38. The summed E-state index contributed by atoms with van der Waals surface area (Å²) in [5, 5.41) is 15.5. The number of nitrogens with one attached hydrogen (secondary N) is 2. The van der Waals surface area contributed by atoms with Crippen molar-refractivity contribution in [1.29, 1.82) is 0 Å². The van der Waals surface area contributed by atoms with E-state index in [0.29, 0.717) is 22.7 Å². The molecule has 3 N–H and O–H groups in total. The molecule has 5 rings (SSSR count). The first-order valence-electron chi connectivity index (χ1n) is 10.8.